The van der Waals surface area contributed by atoms with Crippen LogP contribution in [0.4, 0.5) is 0 Å². The molecule has 2 N–H and O–H groups in total. The van der Waals surface area contributed by atoms with E-state index in [0.29, 0.717) is 19.1 Å². The van der Waals surface area contributed by atoms with Crippen LogP contribution in [0.15, 0.2) is 0 Å². The van der Waals surface area contributed by atoms with Crippen molar-refractivity contribution >= 4 is 5.97 Å². The molecule has 0 aromatic rings. The first-order valence-electron chi connectivity index (χ1n) is 7.34. The molecule has 1 unspecified atom stereocenters. The van der Waals surface area contributed by atoms with Gasteiger partial charge in [0, 0.05) is 26.2 Å². The SMILES string of the molecule is CCNC(C)(CCN1CCC(OCC)CC1)C(=O)O. The number of carbonyl (C=O) groups is 1. The third-order valence-corrected chi connectivity index (χ3v) is 3.90. The van der Waals surface area contributed by atoms with E-state index in [2.05, 4.69) is 10.2 Å². The van der Waals surface area contributed by atoms with E-state index in [4.69, 9.17) is 4.74 Å². The molecule has 1 fully saturated rings. The van der Waals surface area contributed by atoms with E-state index in [0.717, 1.165) is 39.1 Å². The standard InChI is InChI=1S/C14H28N2O3/c1-4-15-14(3,13(17)18)8-11-16-9-6-12(7-10-16)19-5-2/h12,15H,4-11H2,1-3H3,(H,17,18). The van der Waals surface area contributed by atoms with Gasteiger partial charge in [0.2, 0.25) is 0 Å². The van der Waals surface area contributed by atoms with Crippen LogP contribution in [0.5, 0.6) is 0 Å². The van der Waals surface area contributed by atoms with E-state index in [-0.39, 0.29) is 0 Å². The molecule has 0 spiro atoms. The molecule has 0 aromatic carbocycles. The van der Waals surface area contributed by atoms with E-state index < -0.39 is 11.5 Å². The van der Waals surface area contributed by atoms with Crippen molar-refractivity contribution in [3.63, 3.8) is 0 Å². The Bertz CT molecular complexity index is 278. The van der Waals surface area contributed by atoms with Gasteiger partial charge in [-0.1, -0.05) is 6.92 Å². The zero-order valence-corrected chi connectivity index (χ0v) is 12.4. The summed E-state index contributed by atoms with van der Waals surface area (Å²) in [5, 5.41) is 12.4. The molecule has 0 aliphatic carbocycles. The number of hydrogen-bond donors (Lipinski definition) is 2. The minimum absolute atomic E-state index is 0.390. The van der Waals surface area contributed by atoms with Crippen molar-refractivity contribution in [3.8, 4) is 0 Å². The lowest BCUT2D eigenvalue weighted by Gasteiger charge is -2.34. The lowest BCUT2D eigenvalue weighted by molar-refractivity contribution is -0.144. The second-order valence-corrected chi connectivity index (χ2v) is 5.41. The van der Waals surface area contributed by atoms with Gasteiger partial charge in [-0.05, 0) is 39.7 Å². The summed E-state index contributed by atoms with van der Waals surface area (Å²) in [6.45, 7) is 10.0. The minimum Gasteiger partial charge on any atom is -0.480 e. The van der Waals surface area contributed by atoms with Crippen molar-refractivity contribution < 1.29 is 14.6 Å². The molecule has 5 nitrogen and oxygen atoms in total. The summed E-state index contributed by atoms with van der Waals surface area (Å²) in [6.07, 6.45) is 3.13. The molecule has 1 saturated heterocycles. The van der Waals surface area contributed by atoms with Gasteiger partial charge in [0.15, 0.2) is 0 Å². The summed E-state index contributed by atoms with van der Waals surface area (Å²) >= 11 is 0. The predicted molar refractivity (Wildman–Crippen MR) is 75.4 cm³/mol. The number of likely N-dealkylation sites (N-methyl/N-ethyl adjacent to an activating group) is 1. The van der Waals surface area contributed by atoms with Crippen molar-refractivity contribution in [1.29, 1.82) is 0 Å². The molecular formula is C14H28N2O3. The Morgan fingerprint density at radius 2 is 2.05 bits per heavy atom. The zero-order chi connectivity index (χ0) is 14.3. The van der Waals surface area contributed by atoms with Gasteiger partial charge in [-0.3, -0.25) is 4.79 Å². The molecular weight excluding hydrogens is 244 g/mol. The van der Waals surface area contributed by atoms with Crippen LogP contribution in [-0.2, 0) is 9.53 Å². The maximum Gasteiger partial charge on any atom is 0.323 e. The summed E-state index contributed by atoms with van der Waals surface area (Å²) in [5.41, 5.74) is -0.814. The highest BCUT2D eigenvalue weighted by Crippen LogP contribution is 2.17. The van der Waals surface area contributed by atoms with E-state index >= 15 is 0 Å². The fourth-order valence-corrected chi connectivity index (χ4v) is 2.58. The number of likely N-dealkylation sites (tertiary alicyclic amines) is 1. The van der Waals surface area contributed by atoms with Crippen LogP contribution in [0.1, 0.15) is 40.0 Å². The molecule has 1 atom stereocenters. The zero-order valence-electron chi connectivity index (χ0n) is 12.4. The summed E-state index contributed by atoms with van der Waals surface area (Å²) in [7, 11) is 0. The van der Waals surface area contributed by atoms with Crippen molar-refractivity contribution in [2.45, 2.75) is 51.7 Å². The molecule has 1 aliphatic rings. The molecule has 1 rings (SSSR count). The van der Waals surface area contributed by atoms with Gasteiger partial charge < -0.3 is 20.1 Å². The van der Waals surface area contributed by atoms with Crippen LogP contribution in [0, 0.1) is 0 Å². The van der Waals surface area contributed by atoms with Crippen LogP contribution < -0.4 is 5.32 Å². The minimum atomic E-state index is -0.814. The largest absolute Gasteiger partial charge is 0.480 e. The van der Waals surface area contributed by atoms with Crippen molar-refractivity contribution in [1.82, 2.24) is 10.2 Å². The molecule has 19 heavy (non-hydrogen) atoms. The van der Waals surface area contributed by atoms with Crippen LogP contribution in [-0.4, -0.2) is 60.4 Å². The summed E-state index contributed by atoms with van der Waals surface area (Å²) in [5.74, 6) is -0.765. The van der Waals surface area contributed by atoms with Gasteiger partial charge in [-0.25, -0.2) is 0 Å². The number of carboxylic acids is 1. The van der Waals surface area contributed by atoms with E-state index in [9.17, 15) is 9.90 Å². The lowest BCUT2D eigenvalue weighted by Crippen LogP contribution is -2.52. The molecule has 0 radical (unpaired) electrons. The Morgan fingerprint density at radius 3 is 2.53 bits per heavy atom. The van der Waals surface area contributed by atoms with Crippen LogP contribution >= 0.6 is 0 Å². The van der Waals surface area contributed by atoms with Gasteiger partial charge >= 0.3 is 5.97 Å². The summed E-state index contributed by atoms with van der Waals surface area (Å²) < 4.78 is 5.62. The molecule has 0 amide bonds. The first-order chi connectivity index (χ1) is 9.01. The average molecular weight is 272 g/mol. The number of piperidine rings is 1. The summed E-state index contributed by atoms with van der Waals surface area (Å²) in [6, 6.07) is 0. The normalized spacial score (nSPS) is 21.2. The van der Waals surface area contributed by atoms with Crippen LogP contribution in [0.3, 0.4) is 0 Å². The smallest absolute Gasteiger partial charge is 0.323 e. The highest BCUT2D eigenvalue weighted by atomic mass is 16.5. The maximum absolute atomic E-state index is 11.3. The summed E-state index contributed by atoms with van der Waals surface area (Å²) in [4.78, 5) is 13.7. The number of nitrogens with zero attached hydrogens (tertiary/aromatic N) is 1. The van der Waals surface area contributed by atoms with Gasteiger partial charge in [-0.15, -0.1) is 0 Å². The highest BCUT2D eigenvalue weighted by Gasteiger charge is 2.32. The molecule has 0 bridgehead atoms. The number of aliphatic carboxylic acids is 1. The molecule has 112 valence electrons. The van der Waals surface area contributed by atoms with E-state index in [1.54, 1.807) is 6.92 Å². The molecule has 5 heteroatoms. The van der Waals surface area contributed by atoms with Crippen molar-refractivity contribution in [3.05, 3.63) is 0 Å². The van der Waals surface area contributed by atoms with Gasteiger partial charge in [0.25, 0.3) is 0 Å². The predicted octanol–water partition coefficient (Wildman–Crippen LogP) is 1.33. The number of carboxylic acid groups (broad SMARTS) is 1. The van der Waals surface area contributed by atoms with Crippen molar-refractivity contribution in [2.24, 2.45) is 0 Å². The Hall–Kier alpha value is -0.650. The Labute approximate surface area is 116 Å². The first-order valence-corrected chi connectivity index (χ1v) is 7.34. The highest BCUT2D eigenvalue weighted by molar-refractivity contribution is 5.78. The Morgan fingerprint density at radius 1 is 1.42 bits per heavy atom. The number of ether oxygens (including phenoxy) is 1. The monoisotopic (exact) mass is 272 g/mol. The molecule has 1 heterocycles. The Balaban J connectivity index is 2.34. The molecule has 1 aliphatic heterocycles. The molecule has 0 saturated carbocycles. The topological polar surface area (TPSA) is 61.8 Å². The van der Waals surface area contributed by atoms with E-state index in [1.165, 1.54) is 0 Å². The third kappa shape index (κ3) is 5.09. The third-order valence-electron chi connectivity index (χ3n) is 3.90. The average Bonchev–Trinajstić information content (AvgIpc) is 2.38. The number of hydrogen-bond acceptors (Lipinski definition) is 4. The number of rotatable bonds is 8. The van der Waals surface area contributed by atoms with Gasteiger partial charge in [-0.2, -0.15) is 0 Å². The second-order valence-electron chi connectivity index (χ2n) is 5.41. The molecule has 0 aromatic heterocycles. The van der Waals surface area contributed by atoms with Crippen LogP contribution in [0.25, 0.3) is 0 Å². The van der Waals surface area contributed by atoms with Crippen LogP contribution in [0.2, 0.25) is 0 Å². The maximum atomic E-state index is 11.3. The lowest BCUT2D eigenvalue weighted by atomic mass is 9.96. The Kier molecular flexibility index (Phi) is 6.75. The second kappa shape index (κ2) is 7.82. The van der Waals surface area contributed by atoms with Crippen molar-refractivity contribution in [2.75, 3.05) is 32.8 Å². The van der Waals surface area contributed by atoms with Gasteiger partial charge in [0.1, 0.15) is 5.54 Å². The fraction of sp³-hybridized carbons (Fsp3) is 0.929. The number of nitrogens with one attached hydrogen (secondary N) is 1. The first kappa shape index (κ1) is 16.4. The fourth-order valence-electron chi connectivity index (χ4n) is 2.58. The quantitative estimate of drug-likeness (QED) is 0.698. The van der Waals surface area contributed by atoms with E-state index in [1.807, 2.05) is 13.8 Å². The van der Waals surface area contributed by atoms with Gasteiger partial charge in [0.05, 0.1) is 6.10 Å².